The Morgan fingerprint density at radius 2 is 1.24 bits per heavy atom. The first-order valence-electron chi connectivity index (χ1n) is 7.07. The molecule has 0 amide bonds. The highest BCUT2D eigenvalue weighted by molar-refractivity contribution is 8.01. The first kappa shape index (κ1) is 16.7. The first-order valence-corrected chi connectivity index (χ1v) is 8.77. The lowest BCUT2D eigenvalue weighted by Gasteiger charge is -2.36. The van der Waals surface area contributed by atoms with E-state index in [1.807, 2.05) is 62.5 Å². The van der Waals surface area contributed by atoms with Crippen LogP contribution in [0.15, 0.2) is 72.9 Å². The van der Waals surface area contributed by atoms with Crippen molar-refractivity contribution in [2.45, 2.75) is 34.1 Å². The van der Waals surface area contributed by atoms with Gasteiger partial charge in [-0.15, -0.1) is 35.0 Å². The number of hydrogen-bond acceptors (Lipinski definition) is 1. The highest BCUT2D eigenvalue weighted by atomic mass is 35.5. The molecular weight excluding hydrogens is 319 g/mol. The lowest BCUT2D eigenvalue weighted by Crippen LogP contribution is -2.37. The molecule has 0 fully saturated rings. The molecule has 0 aromatic carbocycles. The van der Waals surface area contributed by atoms with E-state index in [1.165, 1.54) is 0 Å². The highest BCUT2D eigenvalue weighted by Gasteiger charge is 2.39. The molecule has 0 heterocycles. The quantitative estimate of drug-likeness (QED) is 0.460. The van der Waals surface area contributed by atoms with Gasteiger partial charge in [0.05, 0.1) is 20.2 Å². The SMILES string of the molecule is CC=CC1(Cl)C=CC=CC1SC1C=CC=CC1(Cl)C=CC. The smallest absolute Gasteiger partial charge is 0.0962 e. The molecule has 0 bridgehead atoms. The minimum atomic E-state index is -0.489. The van der Waals surface area contributed by atoms with Gasteiger partial charge in [-0.1, -0.05) is 72.9 Å². The van der Waals surface area contributed by atoms with Crippen molar-refractivity contribution in [3.8, 4) is 0 Å². The van der Waals surface area contributed by atoms with Crippen molar-refractivity contribution in [1.29, 1.82) is 0 Å². The third kappa shape index (κ3) is 3.77. The Kier molecular flexibility index (Phi) is 5.65. The van der Waals surface area contributed by atoms with Crippen LogP contribution in [-0.4, -0.2) is 20.2 Å². The molecule has 0 N–H and O–H groups in total. The lowest BCUT2D eigenvalue weighted by atomic mass is 9.98. The van der Waals surface area contributed by atoms with Crippen LogP contribution in [0.3, 0.4) is 0 Å². The zero-order chi connectivity index (χ0) is 15.3. The summed E-state index contributed by atoms with van der Waals surface area (Å²) in [5, 5.41) is 0.287. The van der Waals surface area contributed by atoms with E-state index in [9.17, 15) is 0 Å². The Morgan fingerprint density at radius 3 is 1.62 bits per heavy atom. The van der Waals surface area contributed by atoms with E-state index in [4.69, 9.17) is 23.2 Å². The molecular formula is C18H20Cl2S. The van der Waals surface area contributed by atoms with E-state index < -0.39 is 9.75 Å². The molecule has 2 aliphatic carbocycles. The zero-order valence-electron chi connectivity index (χ0n) is 12.2. The zero-order valence-corrected chi connectivity index (χ0v) is 14.6. The first-order chi connectivity index (χ1) is 10.0. The minimum absolute atomic E-state index is 0.143. The van der Waals surface area contributed by atoms with Crippen molar-refractivity contribution in [3.05, 3.63) is 72.9 Å². The van der Waals surface area contributed by atoms with Crippen LogP contribution in [0.5, 0.6) is 0 Å². The normalized spacial score (nSPS) is 38.9. The third-order valence-corrected chi connectivity index (χ3v) is 6.42. The molecule has 0 saturated heterocycles. The molecule has 112 valence electrons. The summed E-state index contributed by atoms with van der Waals surface area (Å²) in [7, 11) is 0. The predicted octanol–water partition coefficient (Wildman–Crippen LogP) is 5.82. The number of allylic oxidation sites excluding steroid dienone is 10. The van der Waals surface area contributed by atoms with Gasteiger partial charge in [0, 0.05) is 0 Å². The van der Waals surface area contributed by atoms with Crippen molar-refractivity contribution in [2.24, 2.45) is 0 Å². The molecule has 0 aromatic rings. The molecule has 0 saturated carbocycles. The Hall–Kier alpha value is -0.630. The van der Waals surface area contributed by atoms with Crippen LogP contribution in [0.2, 0.25) is 0 Å². The van der Waals surface area contributed by atoms with Gasteiger partial charge in [0.15, 0.2) is 0 Å². The van der Waals surface area contributed by atoms with E-state index >= 15 is 0 Å². The monoisotopic (exact) mass is 338 g/mol. The molecule has 21 heavy (non-hydrogen) atoms. The second kappa shape index (κ2) is 7.09. The van der Waals surface area contributed by atoms with Crippen LogP contribution in [0.25, 0.3) is 0 Å². The average molecular weight is 339 g/mol. The summed E-state index contributed by atoms with van der Waals surface area (Å²) in [5.41, 5.74) is 0. The largest absolute Gasteiger partial charge is 0.142 e. The van der Waals surface area contributed by atoms with Crippen LogP contribution in [0.4, 0.5) is 0 Å². The molecule has 0 aromatic heterocycles. The number of halogens is 2. The van der Waals surface area contributed by atoms with E-state index in [1.54, 1.807) is 11.8 Å². The lowest BCUT2D eigenvalue weighted by molar-refractivity contribution is 0.844. The summed E-state index contributed by atoms with van der Waals surface area (Å²) in [6.45, 7) is 3.99. The fourth-order valence-corrected chi connectivity index (χ4v) is 4.75. The number of rotatable bonds is 4. The van der Waals surface area contributed by atoms with E-state index in [-0.39, 0.29) is 10.5 Å². The number of thioether (sulfide) groups is 1. The molecule has 2 rings (SSSR count). The second-order valence-corrected chi connectivity index (χ2v) is 7.72. The average Bonchev–Trinajstić information content (AvgIpc) is 2.44. The van der Waals surface area contributed by atoms with Gasteiger partial charge < -0.3 is 0 Å². The van der Waals surface area contributed by atoms with Crippen LogP contribution in [0, 0.1) is 0 Å². The molecule has 2 aliphatic rings. The van der Waals surface area contributed by atoms with Crippen LogP contribution >= 0.6 is 35.0 Å². The van der Waals surface area contributed by atoms with Gasteiger partial charge in [-0.3, -0.25) is 0 Å². The molecule has 4 unspecified atom stereocenters. The molecule has 4 atom stereocenters. The van der Waals surface area contributed by atoms with E-state index in [0.29, 0.717) is 0 Å². The van der Waals surface area contributed by atoms with Gasteiger partial charge >= 0.3 is 0 Å². The number of hydrogen-bond donors (Lipinski definition) is 0. The summed E-state index contributed by atoms with van der Waals surface area (Å²) in [6.07, 6.45) is 24.6. The fraction of sp³-hybridized carbons (Fsp3) is 0.333. The molecule has 0 radical (unpaired) electrons. The fourth-order valence-electron chi connectivity index (χ4n) is 2.49. The highest BCUT2D eigenvalue weighted by Crippen LogP contribution is 2.44. The summed E-state index contributed by atoms with van der Waals surface area (Å²) >= 11 is 15.4. The standard InChI is InChI=1S/C18H20Cl2S/c1-3-11-17(19)13-7-5-9-15(17)21-16-10-6-8-14-18(16,20)12-4-2/h3-16H,1-2H3. The predicted molar refractivity (Wildman–Crippen MR) is 98.5 cm³/mol. The van der Waals surface area contributed by atoms with Crippen molar-refractivity contribution in [3.63, 3.8) is 0 Å². The third-order valence-electron chi connectivity index (χ3n) is 3.51. The van der Waals surface area contributed by atoms with Crippen LogP contribution in [0.1, 0.15) is 13.8 Å². The summed E-state index contributed by atoms with van der Waals surface area (Å²) in [5.74, 6) is 0. The second-order valence-electron chi connectivity index (χ2n) is 5.12. The number of alkyl halides is 2. The van der Waals surface area contributed by atoms with Gasteiger partial charge in [-0.2, -0.15) is 0 Å². The summed E-state index contributed by atoms with van der Waals surface area (Å²) in [6, 6.07) is 0. The maximum atomic E-state index is 6.78. The maximum Gasteiger partial charge on any atom is 0.0962 e. The van der Waals surface area contributed by atoms with Crippen molar-refractivity contribution >= 4 is 35.0 Å². The van der Waals surface area contributed by atoms with Crippen LogP contribution in [-0.2, 0) is 0 Å². The van der Waals surface area contributed by atoms with Crippen molar-refractivity contribution in [2.75, 3.05) is 0 Å². The maximum absolute atomic E-state index is 6.78. The Labute approximate surface area is 142 Å². The summed E-state index contributed by atoms with van der Waals surface area (Å²) in [4.78, 5) is -0.978. The Morgan fingerprint density at radius 1 is 0.810 bits per heavy atom. The topological polar surface area (TPSA) is 0 Å². The van der Waals surface area contributed by atoms with E-state index in [2.05, 4.69) is 24.3 Å². The van der Waals surface area contributed by atoms with Crippen molar-refractivity contribution in [1.82, 2.24) is 0 Å². The van der Waals surface area contributed by atoms with Gasteiger partial charge in [0.25, 0.3) is 0 Å². The van der Waals surface area contributed by atoms with Gasteiger partial charge in [-0.25, -0.2) is 0 Å². The molecule has 0 aliphatic heterocycles. The van der Waals surface area contributed by atoms with E-state index in [0.717, 1.165) is 0 Å². The Balaban J connectivity index is 2.23. The van der Waals surface area contributed by atoms with Gasteiger partial charge in [-0.05, 0) is 13.8 Å². The molecule has 3 heteroatoms. The molecule has 0 spiro atoms. The minimum Gasteiger partial charge on any atom is -0.142 e. The van der Waals surface area contributed by atoms with Gasteiger partial charge in [0.1, 0.15) is 0 Å². The summed E-state index contributed by atoms with van der Waals surface area (Å²) < 4.78 is 0. The van der Waals surface area contributed by atoms with Crippen molar-refractivity contribution < 1.29 is 0 Å². The van der Waals surface area contributed by atoms with Gasteiger partial charge in [0.2, 0.25) is 0 Å². The van der Waals surface area contributed by atoms with Crippen LogP contribution < -0.4 is 0 Å². The Bertz CT molecular complexity index is 493. The molecule has 0 nitrogen and oxygen atoms in total.